The van der Waals surface area contributed by atoms with E-state index in [1.54, 1.807) is 18.2 Å². The monoisotopic (exact) mass is 385 g/mol. The first-order valence-electron chi connectivity index (χ1n) is 8.96. The Morgan fingerprint density at radius 2 is 1.67 bits per heavy atom. The molecule has 142 valence electrons. The van der Waals surface area contributed by atoms with Gasteiger partial charge in [0.2, 0.25) is 10.0 Å². The molecule has 3 rings (SSSR count). The lowest BCUT2D eigenvalue weighted by Gasteiger charge is -2.29. The SMILES string of the molecule is Cc1ccc(OC(=O)C2CCN(S(=O)(=O)/C=C/c3ccccc3)CC2)cc1. The van der Waals surface area contributed by atoms with Crippen molar-refractivity contribution in [3.05, 3.63) is 71.1 Å². The quantitative estimate of drug-likeness (QED) is 0.583. The summed E-state index contributed by atoms with van der Waals surface area (Å²) < 4.78 is 31.8. The summed E-state index contributed by atoms with van der Waals surface area (Å²) in [5.74, 6) is -0.0574. The van der Waals surface area contributed by atoms with E-state index in [4.69, 9.17) is 4.74 Å². The molecule has 0 spiro atoms. The Labute approximate surface area is 160 Å². The second-order valence-electron chi connectivity index (χ2n) is 6.67. The highest BCUT2D eigenvalue weighted by Gasteiger charge is 2.31. The second-order valence-corrected chi connectivity index (χ2v) is 8.48. The zero-order chi connectivity index (χ0) is 19.3. The van der Waals surface area contributed by atoms with Crippen LogP contribution in [0.2, 0.25) is 0 Å². The van der Waals surface area contributed by atoms with Crippen molar-refractivity contribution >= 4 is 22.1 Å². The molecule has 1 aliphatic heterocycles. The number of carbonyl (C=O) groups excluding carboxylic acids is 1. The van der Waals surface area contributed by atoms with Gasteiger partial charge >= 0.3 is 5.97 Å². The summed E-state index contributed by atoms with van der Waals surface area (Å²) >= 11 is 0. The molecule has 0 saturated carbocycles. The van der Waals surface area contributed by atoms with Crippen molar-refractivity contribution in [2.45, 2.75) is 19.8 Å². The van der Waals surface area contributed by atoms with Gasteiger partial charge in [0.25, 0.3) is 0 Å². The summed E-state index contributed by atoms with van der Waals surface area (Å²) in [6.45, 7) is 2.60. The number of carbonyl (C=O) groups is 1. The van der Waals surface area contributed by atoms with E-state index in [2.05, 4.69) is 0 Å². The molecule has 1 fully saturated rings. The molecular weight excluding hydrogens is 362 g/mol. The molecule has 0 bridgehead atoms. The Kier molecular flexibility index (Phi) is 6.08. The summed E-state index contributed by atoms with van der Waals surface area (Å²) in [5, 5.41) is 1.23. The average Bonchev–Trinajstić information content (AvgIpc) is 2.69. The number of piperidine rings is 1. The largest absolute Gasteiger partial charge is 0.426 e. The van der Waals surface area contributed by atoms with E-state index in [1.807, 2.05) is 49.4 Å². The number of hydrogen-bond donors (Lipinski definition) is 0. The van der Waals surface area contributed by atoms with E-state index in [9.17, 15) is 13.2 Å². The molecule has 0 atom stereocenters. The van der Waals surface area contributed by atoms with E-state index in [0.717, 1.165) is 11.1 Å². The van der Waals surface area contributed by atoms with Crippen molar-refractivity contribution in [2.75, 3.05) is 13.1 Å². The molecule has 6 heteroatoms. The molecule has 0 aliphatic carbocycles. The van der Waals surface area contributed by atoms with E-state index in [0.29, 0.717) is 31.7 Å². The van der Waals surface area contributed by atoms with E-state index < -0.39 is 10.0 Å². The van der Waals surface area contributed by atoms with Crippen LogP contribution in [-0.4, -0.2) is 31.8 Å². The van der Waals surface area contributed by atoms with Crippen LogP contribution in [0.5, 0.6) is 5.75 Å². The average molecular weight is 385 g/mol. The number of benzene rings is 2. The van der Waals surface area contributed by atoms with Gasteiger partial charge in [0.05, 0.1) is 5.92 Å². The van der Waals surface area contributed by atoms with Crippen LogP contribution in [0.25, 0.3) is 6.08 Å². The number of aryl methyl sites for hydroxylation is 1. The van der Waals surface area contributed by atoms with Crippen LogP contribution in [0.1, 0.15) is 24.0 Å². The Morgan fingerprint density at radius 3 is 2.30 bits per heavy atom. The van der Waals surface area contributed by atoms with Crippen LogP contribution in [0, 0.1) is 12.8 Å². The lowest BCUT2D eigenvalue weighted by Crippen LogP contribution is -2.40. The summed E-state index contributed by atoms with van der Waals surface area (Å²) in [6.07, 6.45) is 2.51. The zero-order valence-electron chi connectivity index (χ0n) is 15.2. The molecular formula is C21H23NO4S. The van der Waals surface area contributed by atoms with Crippen molar-refractivity contribution in [3.63, 3.8) is 0 Å². The summed E-state index contributed by atoms with van der Waals surface area (Å²) in [7, 11) is -3.49. The molecule has 27 heavy (non-hydrogen) atoms. The zero-order valence-corrected chi connectivity index (χ0v) is 16.1. The lowest BCUT2D eigenvalue weighted by atomic mass is 9.98. The van der Waals surface area contributed by atoms with E-state index in [1.165, 1.54) is 9.71 Å². The highest BCUT2D eigenvalue weighted by molar-refractivity contribution is 7.92. The third-order valence-corrected chi connectivity index (χ3v) is 6.18. The van der Waals surface area contributed by atoms with Gasteiger partial charge in [-0.3, -0.25) is 4.79 Å². The number of esters is 1. The Bertz CT molecular complexity index is 897. The lowest BCUT2D eigenvalue weighted by molar-refractivity contribution is -0.140. The van der Waals surface area contributed by atoms with Crippen molar-refractivity contribution in [1.29, 1.82) is 0 Å². The Hall–Kier alpha value is -2.44. The minimum Gasteiger partial charge on any atom is -0.426 e. The van der Waals surface area contributed by atoms with Gasteiger partial charge in [0.1, 0.15) is 5.75 Å². The molecule has 2 aromatic rings. The van der Waals surface area contributed by atoms with Gasteiger partial charge in [-0.1, -0.05) is 48.0 Å². The maximum absolute atomic E-state index is 12.5. The number of rotatable bonds is 5. The summed E-state index contributed by atoms with van der Waals surface area (Å²) in [6, 6.07) is 16.6. The Balaban J connectivity index is 1.55. The van der Waals surface area contributed by atoms with Gasteiger partial charge in [-0.25, -0.2) is 8.42 Å². The van der Waals surface area contributed by atoms with Crippen molar-refractivity contribution in [2.24, 2.45) is 5.92 Å². The highest BCUT2D eigenvalue weighted by atomic mass is 32.2. The fourth-order valence-corrected chi connectivity index (χ4v) is 4.19. The minimum atomic E-state index is -3.49. The minimum absolute atomic E-state index is 0.282. The standard InChI is InChI=1S/C21H23NO4S/c1-17-7-9-20(10-8-17)26-21(23)19-11-14-22(15-12-19)27(24,25)16-13-18-5-3-2-4-6-18/h2-10,13,16,19H,11-12,14-15H2,1H3/b16-13+. The van der Waals surface area contributed by atoms with Gasteiger partial charge in [-0.15, -0.1) is 0 Å². The van der Waals surface area contributed by atoms with Gasteiger partial charge in [0.15, 0.2) is 0 Å². The number of hydrogen-bond acceptors (Lipinski definition) is 4. The van der Waals surface area contributed by atoms with Gasteiger partial charge in [0, 0.05) is 18.5 Å². The van der Waals surface area contributed by atoms with Crippen LogP contribution in [0.3, 0.4) is 0 Å². The van der Waals surface area contributed by atoms with Crippen molar-refractivity contribution in [1.82, 2.24) is 4.31 Å². The number of sulfonamides is 1. The second kappa shape index (κ2) is 8.50. The number of ether oxygens (including phenoxy) is 1. The third-order valence-electron chi connectivity index (χ3n) is 4.62. The third kappa shape index (κ3) is 5.28. The topological polar surface area (TPSA) is 63.7 Å². The Morgan fingerprint density at radius 1 is 1.04 bits per heavy atom. The molecule has 1 aliphatic rings. The van der Waals surface area contributed by atoms with Gasteiger partial charge in [-0.2, -0.15) is 4.31 Å². The number of nitrogens with zero attached hydrogens (tertiary/aromatic N) is 1. The molecule has 1 saturated heterocycles. The molecule has 0 N–H and O–H groups in total. The maximum atomic E-state index is 12.5. The van der Waals surface area contributed by atoms with Crippen molar-refractivity contribution < 1.29 is 17.9 Å². The van der Waals surface area contributed by atoms with E-state index >= 15 is 0 Å². The first-order chi connectivity index (χ1) is 12.9. The normalized spacial score (nSPS) is 16.5. The van der Waals surface area contributed by atoms with Crippen LogP contribution in [0.4, 0.5) is 0 Å². The van der Waals surface area contributed by atoms with Gasteiger partial charge < -0.3 is 4.74 Å². The van der Waals surface area contributed by atoms with E-state index in [-0.39, 0.29) is 11.9 Å². The van der Waals surface area contributed by atoms with Crippen molar-refractivity contribution in [3.8, 4) is 5.75 Å². The molecule has 0 unspecified atom stereocenters. The predicted molar refractivity (Wildman–Crippen MR) is 106 cm³/mol. The molecule has 1 heterocycles. The van der Waals surface area contributed by atoms with Gasteiger partial charge in [-0.05, 0) is 43.5 Å². The first-order valence-corrected chi connectivity index (χ1v) is 10.5. The maximum Gasteiger partial charge on any atom is 0.314 e. The molecule has 0 amide bonds. The molecule has 0 radical (unpaired) electrons. The summed E-state index contributed by atoms with van der Waals surface area (Å²) in [4.78, 5) is 12.3. The summed E-state index contributed by atoms with van der Waals surface area (Å²) in [5.41, 5.74) is 1.93. The smallest absolute Gasteiger partial charge is 0.314 e. The van der Waals surface area contributed by atoms with Crippen LogP contribution >= 0.6 is 0 Å². The van der Waals surface area contributed by atoms with Crippen LogP contribution in [0.15, 0.2) is 60.0 Å². The first kappa shape index (κ1) is 19.3. The predicted octanol–water partition coefficient (Wildman–Crippen LogP) is 3.61. The molecule has 2 aromatic carbocycles. The fraction of sp³-hybridized carbons (Fsp3) is 0.286. The van der Waals surface area contributed by atoms with Crippen LogP contribution in [-0.2, 0) is 14.8 Å². The fourth-order valence-electron chi connectivity index (χ4n) is 2.97. The molecule has 0 aromatic heterocycles. The molecule has 5 nitrogen and oxygen atoms in total. The highest BCUT2D eigenvalue weighted by Crippen LogP contribution is 2.23. The van der Waals surface area contributed by atoms with Crippen LogP contribution < -0.4 is 4.74 Å².